The van der Waals surface area contributed by atoms with Crippen LogP contribution in [-0.2, 0) is 4.74 Å². The molecular formula is C11H10FNO4. The summed E-state index contributed by atoms with van der Waals surface area (Å²) in [5.41, 5.74) is 0.00539. The Morgan fingerprint density at radius 3 is 2.71 bits per heavy atom. The van der Waals surface area contributed by atoms with E-state index in [1.54, 1.807) is 0 Å². The van der Waals surface area contributed by atoms with Gasteiger partial charge in [-0.1, -0.05) is 6.07 Å². The highest BCUT2D eigenvalue weighted by atomic mass is 19.1. The number of rotatable bonds is 3. The van der Waals surface area contributed by atoms with Gasteiger partial charge in [0.15, 0.2) is 0 Å². The lowest BCUT2D eigenvalue weighted by Gasteiger charge is -2.02. The van der Waals surface area contributed by atoms with E-state index >= 15 is 0 Å². The lowest BCUT2D eigenvalue weighted by molar-refractivity contribution is -0.422. The first kappa shape index (κ1) is 12.8. The number of nitrogens with zero attached hydrogens (tertiary/aromatic N) is 1. The lowest BCUT2D eigenvalue weighted by Crippen LogP contribution is -2.04. The first-order valence-electron chi connectivity index (χ1n) is 4.66. The van der Waals surface area contributed by atoms with E-state index in [4.69, 9.17) is 0 Å². The van der Waals surface area contributed by atoms with E-state index in [2.05, 4.69) is 4.74 Å². The first-order valence-corrected chi connectivity index (χ1v) is 4.66. The van der Waals surface area contributed by atoms with E-state index in [0.717, 1.165) is 13.2 Å². The van der Waals surface area contributed by atoms with E-state index in [9.17, 15) is 19.3 Å². The van der Waals surface area contributed by atoms with Crippen LogP contribution in [-0.4, -0.2) is 18.0 Å². The van der Waals surface area contributed by atoms with E-state index < -0.39 is 16.7 Å². The number of nitro groups is 1. The number of carbonyl (C=O) groups excluding carboxylic acids is 1. The third kappa shape index (κ3) is 3.10. The van der Waals surface area contributed by atoms with Crippen LogP contribution in [0.25, 0.3) is 6.08 Å². The maximum atomic E-state index is 13.2. The third-order valence-corrected chi connectivity index (χ3v) is 2.06. The van der Waals surface area contributed by atoms with Gasteiger partial charge in [-0.05, 0) is 17.7 Å². The molecule has 1 aromatic carbocycles. The summed E-state index contributed by atoms with van der Waals surface area (Å²) in [6.07, 6.45) is 1.24. The molecule has 1 aromatic rings. The molecular weight excluding hydrogens is 229 g/mol. The second-order valence-electron chi connectivity index (χ2n) is 3.27. The van der Waals surface area contributed by atoms with E-state index in [-0.39, 0.29) is 11.3 Å². The van der Waals surface area contributed by atoms with Gasteiger partial charge in [0.1, 0.15) is 5.82 Å². The Labute approximate surface area is 96.7 Å². The highest BCUT2D eigenvalue weighted by Gasteiger charge is 2.13. The molecule has 17 heavy (non-hydrogen) atoms. The van der Waals surface area contributed by atoms with Crippen LogP contribution in [0.5, 0.6) is 0 Å². The molecule has 90 valence electrons. The average molecular weight is 239 g/mol. The van der Waals surface area contributed by atoms with Crippen molar-refractivity contribution in [2.75, 3.05) is 7.11 Å². The number of esters is 1. The molecule has 0 fully saturated rings. The predicted molar refractivity (Wildman–Crippen MR) is 58.4 cm³/mol. The van der Waals surface area contributed by atoms with Gasteiger partial charge in [0, 0.05) is 13.0 Å². The van der Waals surface area contributed by atoms with E-state index in [1.165, 1.54) is 25.1 Å². The number of ether oxygens (including phenoxy) is 1. The normalized spacial score (nSPS) is 11.1. The summed E-state index contributed by atoms with van der Waals surface area (Å²) < 4.78 is 17.6. The predicted octanol–water partition coefficient (Wildman–Crippen LogP) is 2.25. The molecule has 6 heteroatoms. The molecule has 0 aromatic heterocycles. The number of benzene rings is 1. The van der Waals surface area contributed by atoms with Gasteiger partial charge in [0.2, 0.25) is 5.70 Å². The minimum Gasteiger partial charge on any atom is -0.465 e. The zero-order chi connectivity index (χ0) is 13.0. The van der Waals surface area contributed by atoms with Crippen LogP contribution >= 0.6 is 0 Å². The minimum absolute atomic E-state index is 0.104. The fourth-order valence-electron chi connectivity index (χ4n) is 1.19. The Morgan fingerprint density at radius 2 is 2.18 bits per heavy atom. The molecule has 0 aliphatic carbocycles. The monoisotopic (exact) mass is 239 g/mol. The fourth-order valence-corrected chi connectivity index (χ4v) is 1.19. The first-order chi connectivity index (χ1) is 7.95. The largest absolute Gasteiger partial charge is 0.465 e. The molecule has 0 bridgehead atoms. The smallest absolute Gasteiger partial charge is 0.340 e. The number of halogens is 1. The van der Waals surface area contributed by atoms with Crippen molar-refractivity contribution in [3.63, 3.8) is 0 Å². The molecule has 0 heterocycles. The number of carbonyl (C=O) groups is 1. The van der Waals surface area contributed by atoms with Crippen molar-refractivity contribution in [1.29, 1.82) is 0 Å². The number of hydrogen-bond acceptors (Lipinski definition) is 4. The molecule has 0 aliphatic rings. The highest BCUT2D eigenvalue weighted by Crippen LogP contribution is 2.14. The van der Waals surface area contributed by atoms with Gasteiger partial charge in [0.25, 0.3) is 0 Å². The molecule has 0 aliphatic heterocycles. The zero-order valence-corrected chi connectivity index (χ0v) is 9.27. The maximum absolute atomic E-state index is 13.2. The van der Waals surface area contributed by atoms with Crippen LogP contribution in [0.2, 0.25) is 0 Å². The molecule has 0 N–H and O–H groups in total. The standard InChI is InChI=1S/C11H10FNO4/c1-7(13(15)16)5-8-3-4-10(12)9(6-8)11(14)17-2/h3-6H,1-2H3. The van der Waals surface area contributed by atoms with Crippen LogP contribution in [0.1, 0.15) is 22.8 Å². The summed E-state index contributed by atoms with van der Waals surface area (Å²) in [7, 11) is 1.13. The Morgan fingerprint density at radius 1 is 1.53 bits per heavy atom. The Kier molecular flexibility index (Phi) is 3.92. The van der Waals surface area contributed by atoms with Crippen molar-refractivity contribution >= 4 is 12.0 Å². The van der Waals surface area contributed by atoms with Crippen LogP contribution in [0, 0.1) is 15.9 Å². The molecule has 0 unspecified atom stereocenters. The second kappa shape index (κ2) is 5.20. The molecule has 5 nitrogen and oxygen atoms in total. The van der Waals surface area contributed by atoms with Crippen molar-refractivity contribution in [2.24, 2.45) is 0 Å². The van der Waals surface area contributed by atoms with E-state index in [1.807, 2.05) is 0 Å². The molecule has 0 radical (unpaired) electrons. The highest BCUT2D eigenvalue weighted by molar-refractivity contribution is 5.90. The van der Waals surface area contributed by atoms with Crippen LogP contribution in [0.3, 0.4) is 0 Å². The van der Waals surface area contributed by atoms with Gasteiger partial charge in [-0.15, -0.1) is 0 Å². The van der Waals surface area contributed by atoms with Crippen LogP contribution < -0.4 is 0 Å². The molecule has 0 saturated heterocycles. The minimum atomic E-state index is -0.823. The topological polar surface area (TPSA) is 69.4 Å². The Balaban J connectivity index is 3.17. The Hall–Kier alpha value is -2.24. The van der Waals surface area contributed by atoms with Crippen molar-refractivity contribution in [3.8, 4) is 0 Å². The van der Waals surface area contributed by atoms with Gasteiger partial charge in [0.05, 0.1) is 17.6 Å². The average Bonchev–Trinajstić information content (AvgIpc) is 2.30. The van der Waals surface area contributed by atoms with Gasteiger partial charge >= 0.3 is 5.97 Å². The maximum Gasteiger partial charge on any atom is 0.340 e. The number of methoxy groups -OCH3 is 1. The lowest BCUT2D eigenvalue weighted by atomic mass is 10.1. The SMILES string of the molecule is COC(=O)c1cc(C=C(C)[N+](=O)[O-])ccc1F. The zero-order valence-electron chi connectivity index (χ0n) is 9.27. The van der Waals surface area contributed by atoms with Crippen LogP contribution in [0.4, 0.5) is 4.39 Å². The van der Waals surface area contributed by atoms with Crippen LogP contribution in [0.15, 0.2) is 23.9 Å². The quantitative estimate of drug-likeness (QED) is 0.461. The molecule has 0 atom stereocenters. The Bertz CT molecular complexity index is 496. The third-order valence-electron chi connectivity index (χ3n) is 2.06. The summed E-state index contributed by atoms with van der Waals surface area (Å²) >= 11 is 0. The summed E-state index contributed by atoms with van der Waals surface area (Å²) in [4.78, 5) is 21.0. The summed E-state index contributed by atoms with van der Waals surface area (Å²) in [5, 5.41) is 10.4. The van der Waals surface area contributed by atoms with Gasteiger partial charge in [-0.25, -0.2) is 9.18 Å². The van der Waals surface area contributed by atoms with Crippen molar-refractivity contribution in [1.82, 2.24) is 0 Å². The van der Waals surface area contributed by atoms with Crippen molar-refractivity contribution < 1.29 is 18.8 Å². The molecule has 0 amide bonds. The van der Waals surface area contributed by atoms with Crippen molar-refractivity contribution in [3.05, 3.63) is 51.0 Å². The van der Waals surface area contributed by atoms with Gasteiger partial charge < -0.3 is 4.74 Å². The van der Waals surface area contributed by atoms with Crippen molar-refractivity contribution in [2.45, 2.75) is 6.92 Å². The number of hydrogen-bond donors (Lipinski definition) is 0. The molecule has 1 rings (SSSR count). The van der Waals surface area contributed by atoms with Gasteiger partial charge in [-0.2, -0.15) is 0 Å². The second-order valence-corrected chi connectivity index (χ2v) is 3.27. The molecule has 0 saturated carbocycles. The van der Waals surface area contributed by atoms with E-state index in [0.29, 0.717) is 5.56 Å². The fraction of sp³-hybridized carbons (Fsp3) is 0.182. The summed E-state index contributed by atoms with van der Waals surface area (Å²) in [5.74, 6) is -1.55. The van der Waals surface area contributed by atoms with Gasteiger partial charge in [-0.3, -0.25) is 10.1 Å². The number of allylic oxidation sites excluding steroid dienone is 1. The summed E-state index contributed by atoms with van der Waals surface area (Å²) in [6, 6.07) is 3.61. The molecule has 0 spiro atoms. The summed E-state index contributed by atoms with van der Waals surface area (Å²) in [6.45, 7) is 1.31.